The van der Waals surface area contributed by atoms with Gasteiger partial charge in [-0.3, -0.25) is 4.79 Å². The van der Waals surface area contributed by atoms with Gasteiger partial charge in [-0.15, -0.1) is 0 Å². The Hall–Kier alpha value is -3.64. The molecule has 0 aliphatic heterocycles. The maximum atomic E-state index is 13.2. The summed E-state index contributed by atoms with van der Waals surface area (Å²) in [6, 6.07) is 23.3. The van der Waals surface area contributed by atoms with Crippen LogP contribution in [0.2, 0.25) is 0 Å². The van der Waals surface area contributed by atoms with Crippen LogP contribution < -0.4 is 15.4 Å². The molecule has 4 aromatic rings. The van der Waals surface area contributed by atoms with E-state index in [4.69, 9.17) is 9.72 Å². The summed E-state index contributed by atoms with van der Waals surface area (Å²) in [6.45, 7) is 6.67. The van der Waals surface area contributed by atoms with Crippen LogP contribution >= 0.6 is 11.3 Å². The molecular formula is C26H25N3O2S. The van der Waals surface area contributed by atoms with Crippen LogP contribution in [0.5, 0.6) is 5.75 Å². The first-order chi connectivity index (χ1) is 15.5. The molecule has 0 atom stereocenters. The third-order valence-electron chi connectivity index (χ3n) is 5.06. The van der Waals surface area contributed by atoms with Crippen LogP contribution in [-0.4, -0.2) is 17.5 Å². The minimum absolute atomic E-state index is 0.177. The van der Waals surface area contributed by atoms with E-state index >= 15 is 0 Å². The average molecular weight is 444 g/mol. The van der Waals surface area contributed by atoms with E-state index in [1.165, 1.54) is 16.9 Å². The van der Waals surface area contributed by atoms with E-state index in [1.54, 1.807) is 0 Å². The molecule has 4 rings (SSSR count). The predicted molar refractivity (Wildman–Crippen MR) is 132 cm³/mol. The number of anilines is 3. The lowest BCUT2D eigenvalue weighted by Gasteiger charge is -2.07. The third-order valence-corrected chi connectivity index (χ3v) is 6.03. The second-order valence-electron chi connectivity index (χ2n) is 7.40. The van der Waals surface area contributed by atoms with Crippen LogP contribution in [0.1, 0.15) is 27.7 Å². The van der Waals surface area contributed by atoms with Crippen molar-refractivity contribution in [1.29, 1.82) is 0 Å². The largest absolute Gasteiger partial charge is 0.494 e. The standard InChI is InChI=1S/C26H25N3O2S/c1-4-31-22-14-12-20(13-15-22)28-26-29-23(19-8-6-5-7-9-19)24(32-26)25(30)27-21-11-10-17(2)18(3)16-21/h5-16H,4H2,1-3H3,(H,27,30)(H,28,29). The number of benzene rings is 3. The van der Waals surface area contributed by atoms with Gasteiger partial charge < -0.3 is 15.4 Å². The van der Waals surface area contributed by atoms with Gasteiger partial charge in [0.25, 0.3) is 5.91 Å². The lowest BCUT2D eigenvalue weighted by Crippen LogP contribution is -2.11. The summed E-state index contributed by atoms with van der Waals surface area (Å²) in [4.78, 5) is 18.5. The number of nitrogens with one attached hydrogen (secondary N) is 2. The summed E-state index contributed by atoms with van der Waals surface area (Å²) in [5.74, 6) is 0.639. The molecule has 1 amide bonds. The van der Waals surface area contributed by atoms with E-state index in [0.29, 0.717) is 22.3 Å². The number of aromatic nitrogens is 1. The first-order valence-electron chi connectivity index (χ1n) is 10.5. The molecule has 162 valence electrons. The normalized spacial score (nSPS) is 10.6. The molecule has 0 aliphatic rings. The second-order valence-corrected chi connectivity index (χ2v) is 8.40. The topological polar surface area (TPSA) is 63.2 Å². The first-order valence-corrected chi connectivity index (χ1v) is 11.3. The lowest BCUT2D eigenvalue weighted by molar-refractivity contribution is 0.103. The van der Waals surface area contributed by atoms with Gasteiger partial charge in [0.15, 0.2) is 5.13 Å². The first kappa shape index (κ1) is 21.6. The summed E-state index contributed by atoms with van der Waals surface area (Å²) in [5, 5.41) is 6.98. The maximum Gasteiger partial charge on any atom is 0.268 e. The van der Waals surface area contributed by atoms with Crippen molar-refractivity contribution < 1.29 is 9.53 Å². The highest BCUT2D eigenvalue weighted by Crippen LogP contribution is 2.33. The number of aryl methyl sites for hydroxylation is 2. The van der Waals surface area contributed by atoms with Gasteiger partial charge in [0, 0.05) is 16.9 Å². The number of rotatable bonds is 7. The summed E-state index contributed by atoms with van der Waals surface area (Å²) in [5.41, 5.74) is 5.52. The Bertz CT molecular complexity index is 1220. The molecule has 1 heterocycles. The molecule has 2 N–H and O–H groups in total. The van der Waals surface area contributed by atoms with Crippen LogP contribution in [0.4, 0.5) is 16.5 Å². The monoisotopic (exact) mass is 443 g/mol. The number of hydrogen-bond donors (Lipinski definition) is 2. The van der Waals surface area contributed by atoms with Crippen LogP contribution in [0.25, 0.3) is 11.3 Å². The molecule has 0 fully saturated rings. The molecule has 0 aliphatic carbocycles. The van der Waals surface area contributed by atoms with E-state index in [2.05, 4.69) is 17.6 Å². The summed E-state index contributed by atoms with van der Waals surface area (Å²) in [6.07, 6.45) is 0. The van der Waals surface area contributed by atoms with Crippen LogP contribution in [0.3, 0.4) is 0 Å². The Labute approximate surface area is 192 Å². The Morgan fingerprint density at radius 1 is 0.938 bits per heavy atom. The average Bonchev–Trinajstić information content (AvgIpc) is 3.22. The Kier molecular flexibility index (Phi) is 6.52. The predicted octanol–water partition coefficient (Wildman–Crippen LogP) is 6.82. The molecule has 0 bridgehead atoms. The van der Waals surface area contributed by atoms with Crippen molar-refractivity contribution >= 4 is 33.8 Å². The van der Waals surface area contributed by atoms with Gasteiger partial charge in [-0.1, -0.05) is 47.7 Å². The molecule has 1 aromatic heterocycles. The highest BCUT2D eigenvalue weighted by Gasteiger charge is 2.20. The summed E-state index contributed by atoms with van der Waals surface area (Å²) < 4.78 is 5.50. The van der Waals surface area contributed by atoms with E-state index in [-0.39, 0.29) is 5.91 Å². The molecule has 6 heteroatoms. The second kappa shape index (κ2) is 9.66. The van der Waals surface area contributed by atoms with E-state index < -0.39 is 0 Å². The van der Waals surface area contributed by atoms with Crippen molar-refractivity contribution in [2.45, 2.75) is 20.8 Å². The molecule has 0 saturated heterocycles. The highest BCUT2D eigenvalue weighted by molar-refractivity contribution is 7.18. The number of carbonyl (C=O) groups excluding carboxylic acids is 1. The van der Waals surface area contributed by atoms with Gasteiger partial charge in [-0.05, 0) is 68.3 Å². The van der Waals surface area contributed by atoms with Crippen molar-refractivity contribution in [2.24, 2.45) is 0 Å². The highest BCUT2D eigenvalue weighted by atomic mass is 32.1. The van der Waals surface area contributed by atoms with E-state index in [9.17, 15) is 4.79 Å². The smallest absolute Gasteiger partial charge is 0.268 e. The summed E-state index contributed by atoms with van der Waals surface area (Å²) in [7, 11) is 0. The number of nitrogens with zero attached hydrogens (tertiary/aromatic N) is 1. The zero-order valence-electron chi connectivity index (χ0n) is 18.3. The van der Waals surface area contributed by atoms with Gasteiger partial charge in [-0.25, -0.2) is 4.98 Å². The number of carbonyl (C=O) groups is 1. The van der Waals surface area contributed by atoms with Crippen molar-refractivity contribution in [3.05, 3.63) is 88.8 Å². The number of hydrogen-bond acceptors (Lipinski definition) is 5. The molecule has 0 spiro atoms. The number of amides is 1. The fraction of sp³-hybridized carbons (Fsp3) is 0.154. The van der Waals surface area contributed by atoms with Gasteiger partial charge >= 0.3 is 0 Å². The SMILES string of the molecule is CCOc1ccc(Nc2nc(-c3ccccc3)c(C(=O)Nc3ccc(C)c(C)c3)s2)cc1. The van der Waals surface area contributed by atoms with Crippen molar-refractivity contribution in [2.75, 3.05) is 17.2 Å². The molecule has 0 saturated carbocycles. The van der Waals surface area contributed by atoms with Crippen molar-refractivity contribution in [1.82, 2.24) is 4.98 Å². The minimum atomic E-state index is -0.177. The van der Waals surface area contributed by atoms with Gasteiger partial charge in [-0.2, -0.15) is 0 Å². The molecule has 0 radical (unpaired) electrons. The number of ether oxygens (including phenoxy) is 1. The van der Waals surface area contributed by atoms with Crippen LogP contribution in [0, 0.1) is 13.8 Å². The van der Waals surface area contributed by atoms with Gasteiger partial charge in [0.05, 0.1) is 12.3 Å². The Morgan fingerprint density at radius 2 is 1.66 bits per heavy atom. The van der Waals surface area contributed by atoms with Gasteiger partial charge in [0.2, 0.25) is 0 Å². The molecule has 32 heavy (non-hydrogen) atoms. The Balaban J connectivity index is 1.63. The fourth-order valence-electron chi connectivity index (χ4n) is 3.25. The Morgan fingerprint density at radius 3 is 2.34 bits per heavy atom. The quantitative estimate of drug-likeness (QED) is 0.329. The van der Waals surface area contributed by atoms with Gasteiger partial charge in [0.1, 0.15) is 10.6 Å². The maximum absolute atomic E-state index is 13.2. The van der Waals surface area contributed by atoms with Crippen molar-refractivity contribution in [3.8, 4) is 17.0 Å². The number of thiazole rings is 1. The zero-order valence-corrected chi connectivity index (χ0v) is 19.1. The fourth-order valence-corrected chi connectivity index (χ4v) is 4.15. The van der Waals surface area contributed by atoms with Crippen molar-refractivity contribution in [3.63, 3.8) is 0 Å². The molecule has 0 unspecified atom stereocenters. The lowest BCUT2D eigenvalue weighted by atomic mass is 10.1. The van der Waals surface area contributed by atoms with Crippen LogP contribution in [0.15, 0.2) is 72.8 Å². The molecule has 3 aromatic carbocycles. The van der Waals surface area contributed by atoms with E-state index in [0.717, 1.165) is 28.3 Å². The zero-order chi connectivity index (χ0) is 22.5. The van der Waals surface area contributed by atoms with E-state index in [1.807, 2.05) is 86.6 Å². The molecular weight excluding hydrogens is 418 g/mol. The molecule has 5 nitrogen and oxygen atoms in total. The third kappa shape index (κ3) is 4.98. The minimum Gasteiger partial charge on any atom is -0.494 e. The summed E-state index contributed by atoms with van der Waals surface area (Å²) >= 11 is 1.33. The van der Waals surface area contributed by atoms with Crippen LogP contribution in [-0.2, 0) is 0 Å².